The fourth-order valence-electron chi connectivity index (χ4n) is 1.81. The van der Waals surface area contributed by atoms with E-state index < -0.39 is 0 Å². The largest absolute Gasteiger partial charge is 0.508 e. The molecule has 0 aliphatic carbocycles. The van der Waals surface area contributed by atoms with Gasteiger partial charge < -0.3 is 5.11 Å². The van der Waals surface area contributed by atoms with Crippen LogP contribution in [0.25, 0.3) is 0 Å². The molecule has 0 aliphatic rings. The minimum Gasteiger partial charge on any atom is -0.508 e. The first-order valence-corrected chi connectivity index (χ1v) is 6.62. The normalized spacial score (nSPS) is 10.5. The number of hydrogen-bond donors (Lipinski definition) is 1. The molecule has 0 fully saturated rings. The van der Waals surface area contributed by atoms with Crippen LogP contribution in [0.5, 0.6) is 5.75 Å². The summed E-state index contributed by atoms with van der Waals surface area (Å²) in [5.41, 5.74) is 4.05. The van der Waals surface area contributed by atoms with E-state index in [2.05, 4.69) is 32.0 Å². The monoisotopic (exact) mass is 244 g/mol. The molecule has 0 saturated heterocycles. The van der Waals surface area contributed by atoms with Crippen molar-refractivity contribution in [3.05, 3.63) is 59.2 Å². The van der Waals surface area contributed by atoms with E-state index in [1.807, 2.05) is 12.1 Å². The summed E-state index contributed by atoms with van der Waals surface area (Å²) in [6, 6.07) is 13.8. The third-order valence-electron chi connectivity index (χ3n) is 2.85. The lowest BCUT2D eigenvalue weighted by atomic mass is 10.1. The zero-order valence-corrected chi connectivity index (χ0v) is 10.9. The Balaban J connectivity index is 2.13. The van der Waals surface area contributed by atoms with Gasteiger partial charge in [-0.25, -0.2) is 0 Å². The van der Waals surface area contributed by atoms with Gasteiger partial charge >= 0.3 is 0 Å². The van der Waals surface area contributed by atoms with Crippen LogP contribution >= 0.6 is 11.8 Å². The smallest absolute Gasteiger partial charge is 0.116 e. The Morgan fingerprint density at radius 2 is 1.65 bits per heavy atom. The SMILES string of the molecule is Cc1cccc(C)c1CSc1cccc(O)c1. The molecule has 0 unspecified atom stereocenters. The van der Waals surface area contributed by atoms with Gasteiger partial charge in [0.2, 0.25) is 0 Å². The number of hydrogen-bond acceptors (Lipinski definition) is 2. The number of phenols is 1. The van der Waals surface area contributed by atoms with Crippen molar-refractivity contribution in [1.82, 2.24) is 0 Å². The molecule has 0 aromatic heterocycles. The molecule has 0 heterocycles. The van der Waals surface area contributed by atoms with Crippen molar-refractivity contribution in [3.8, 4) is 5.75 Å². The van der Waals surface area contributed by atoms with Crippen molar-refractivity contribution in [1.29, 1.82) is 0 Å². The summed E-state index contributed by atoms with van der Waals surface area (Å²) in [6.45, 7) is 4.29. The second kappa shape index (κ2) is 5.28. The van der Waals surface area contributed by atoms with Crippen LogP contribution in [0.1, 0.15) is 16.7 Å². The highest BCUT2D eigenvalue weighted by Crippen LogP contribution is 2.28. The Labute approximate surface area is 107 Å². The van der Waals surface area contributed by atoms with Crippen LogP contribution in [-0.4, -0.2) is 5.11 Å². The van der Waals surface area contributed by atoms with E-state index in [9.17, 15) is 5.11 Å². The Morgan fingerprint density at radius 3 is 2.29 bits per heavy atom. The van der Waals surface area contributed by atoms with Crippen molar-refractivity contribution >= 4 is 11.8 Å². The molecule has 88 valence electrons. The third kappa shape index (κ3) is 3.04. The standard InChI is InChI=1S/C15H16OS/c1-11-5-3-6-12(2)15(11)10-17-14-8-4-7-13(16)9-14/h3-9,16H,10H2,1-2H3. The number of benzene rings is 2. The minimum absolute atomic E-state index is 0.330. The molecular formula is C15H16OS. The van der Waals surface area contributed by atoms with Gasteiger partial charge in [-0.05, 0) is 48.7 Å². The maximum absolute atomic E-state index is 9.41. The molecule has 17 heavy (non-hydrogen) atoms. The van der Waals surface area contributed by atoms with Crippen LogP contribution in [0.2, 0.25) is 0 Å². The molecule has 0 radical (unpaired) electrons. The van der Waals surface area contributed by atoms with Crippen molar-refractivity contribution in [2.45, 2.75) is 24.5 Å². The van der Waals surface area contributed by atoms with E-state index in [4.69, 9.17) is 0 Å². The Bertz CT molecular complexity index is 500. The van der Waals surface area contributed by atoms with Crippen molar-refractivity contribution in [2.75, 3.05) is 0 Å². The highest BCUT2D eigenvalue weighted by atomic mass is 32.2. The molecule has 2 aromatic rings. The number of aromatic hydroxyl groups is 1. The quantitative estimate of drug-likeness (QED) is 0.812. The lowest BCUT2D eigenvalue weighted by Gasteiger charge is -2.09. The number of rotatable bonds is 3. The predicted octanol–water partition coefficient (Wildman–Crippen LogP) is 4.30. The number of aryl methyl sites for hydroxylation is 2. The van der Waals surface area contributed by atoms with Crippen LogP contribution in [0.15, 0.2) is 47.4 Å². The third-order valence-corrected chi connectivity index (χ3v) is 3.87. The highest BCUT2D eigenvalue weighted by molar-refractivity contribution is 7.98. The summed E-state index contributed by atoms with van der Waals surface area (Å²) >= 11 is 1.76. The molecule has 1 N–H and O–H groups in total. The maximum atomic E-state index is 9.41. The summed E-state index contributed by atoms with van der Waals surface area (Å²) in [5, 5.41) is 9.41. The van der Waals surface area contributed by atoms with E-state index >= 15 is 0 Å². The molecule has 0 atom stereocenters. The lowest BCUT2D eigenvalue weighted by Crippen LogP contribution is -1.90. The van der Waals surface area contributed by atoms with E-state index in [1.165, 1.54) is 16.7 Å². The Kier molecular flexibility index (Phi) is 3.75. The number of thioether (sulfide) groups is 1. The van der Waals surface area contributed by atoms with Gasteiger partial charge in [-0.2, -0.15) is 0 Å². The van der Waals surface area contributed by atoms with Crippen LogP contribution in [0.3, 0.4) is 0 Å². The van der Waals surface area contributed by atoms with Crippen LogP contribution in [0.4, 0.5) is 0 Å². The average Bonchev–Trinajstić information content (AvgIpc) is 2.28. The van der Waals surface area contributed by atoms with Gasteiger partial charge in [-0.3, -0.25) is 0 Å². The van der Waals surface area contributed by atoms with Gasteiger partial charge in [-0.1, -0.05) is 24.3 Å². The van der Waals surface area contributed by atoms with Crippen LogP contribution < -0.4 is 0 Å². The minimum atomic E-state index is 0.330. The molecule has 2 heteroatoms. The molecule has 0 amide bonds. The highest BCUT2D eigenvalue weighted by Gasteiger charge is 2.03. The van der Waals surface area contributed by atoms with Gasteiger partial charge in [0.1, 0.15) is 5.75 Å². The van der Waals surface area contributed by atoms with E-state index in [1.54, 1.807) is 23.9 Å². The second-order valence-electron chi connectivity index (χ2n) is 4.16. The summed E-state index contributed by atoms with van der Waals surface area (Å²) in [5.74, 6) is 1.28. The lowest BCUT2D eigenvalue weighted by molar-refractivity contribution is 0.474. The summed E-state index contributed by atoms with van der Waals surface area (Å²) in [7, 11) is 0. The van der Waals surface area contributed by atoms with Crippen molar-refractivity contribution in [3.63, 3.8) is 0 Å². The van der Waals surface area contributed by atoms with E-state index in [-0.39, 0.29) is 0 Å². The maximum Gasteiger partial charge on any atom is 0.116 e. The predicted molar refractivity (Wildman–Crippen MR) is 73.6 cm³/mol. The topological polar surface area (TPSA) is 20.2 Å². The van der Waals surface area contributed by atoms with Crippen molar-refractivity contribution < 1.29 is 5.11 Å². The van der Waals surface area contributed by atoms with Gasteiger partial charge in [0.05, 0.1) is 0 Å². The summed E-state index contributed by atoms with van der Waals surface area (Å²) in [4.78, 5) is 1.10. The van der Waals surface area contributed by atoms with Gasteiger partial charge in [-0.15, -0.1) is 11.8 Å². The Hall–Kier alpha value is -1.41. The van der Waals surface area contributed by atoms with Gasteiger partial charge in [0, 0.05) is 10.6 Å². The molecule has 0 saturated carbocycles. The van der Waals surface area contributed by atoms with Crippen LogP contribution in [-0.2, 0) is 5.75 Å². The van der Waals surface area contributed by atoms with Gasteiger partial charge in [0.25, 0.3) is 0 Å². The zero-order chi connectivity index (χ0) is 12.3. The first-order valence-electron chi connectivity index (χ1n) is 5.64. The molecule has 1 nitrogen and oxygen atoms in total. The Morgan fingerprint density at radius 1 is 1.00 bits per heavy atom. The number of phenolic OH excluding ortho intramolecular Hbond substituents is 1. The van der Waals surface area contributed by atoms with E-state index in [0.717, 1.165) is 10.6 Å². The first kappa shape index (κ1) is 12.1. The summed E-state index contributed by atoms with van der Waals surface area (Å²) < 4.78 is 0. The first-order chi connectivity index (χ1) is 8.16. The van der Waals surface area contributed by atoms with Crippen LogP contribution in [0, 0.1) is 13.8 Å². The zero-order valence-electron chi connectivity index (χ0n) is 10.1. The molecule has 0 aliphatic heterocycles. The van der Waals surface area contributed by atoms with Gasteiger partial charge in [0.15, 0.2) is 0 Å². The van der Waals surface area contributed by atoms with Crippen molar-refractivity contribution in [2.24, 2.45) is 0 Å². The fourth-order valence-corrected chi connectivity index (χ4v) is 2.95. The molecule has 0 bridgehead atoms. The fraction of sp³-hybridized carbons (Fsp3) is 0.200. The average molecular weight is 244 g/mol. The second-order valence-corrected chi connectivity index (χ2v) is 5.21. The summed E-state index contributed by atoms with van der Waals surface area (Å²) in [6.07, 6.45) is 0. The van der Waals surface area contributed by atoms with E-state index in [0.29, 0.717) is 5.75 Å². The molecule has 0 spiro atoms. The molecule has 2 rings (SSSR count). The molecule has 2 aromatic carbocycles. The molecular weight excluding hydrogens is 228 g/mol.